The first-order valence-electron chi connectivity index (χ1n) is 5.62. The van der Waals surface area contributed by atoms with Crippen LogP contribution < -0.4 is 0 Å². The van der Waals surface area contributed by atoms with Gasteiger partial charge < -0.3 is 9.51 Å². The smallest absolute Gasteiger partial charge is 0.274 e. The third-order valence-corrected chi connectivity index (χ3v) is 2.74. The molecule has 1 N–H and O–H groups in total. The van der Waals surface area contributed by atoms with E-state index in [4.69, 9.17) is 9.78 Å². The average Bonchev–Trinajstić information content (AvgIpc) is 3.08. The van der Waals surface area contributed by atoms with E-state index in [0.29, 0.717) is 23.1 Å². The maximum absolute atomic E-state index is 8.76. The number of nitrogens with zero attached hydrogens (tertiary/aromatic N) is 4. The Morgan fingerprint density at radius 2 is 2.21 bits per heavy atom. The molecule has 19 heavy (non-hydrogen) atoms. The van der Waals surface area contributed by atoms with Gasteiger partial charge in [0.2, 0.25) is 5.82 Å². The minimum Gasteiger partial charge on any atom is -0.342 e. The Kier molecular flexibility index (Phi) is 2.58. The molecule has 0 bridgehead atoms. The van der Waals surface area contributed by atoms with E-state index in [1.54, 1.807) is 24.5 Å². The number of nitrogens with one attached hydrogen (secondary N) is 1. The molecular formula is C13H9N5O. The normalized spacial score (nSPS) is 10.3. The Balaban J connectivity index is 2.00. The summed E-state index contributed by atoms with van der Waals surface area (Å²) in [5.74, 6) is 0.827. The van der Waals surface area contributed by atoms with Crippen molar-refractivity contribution in [1.82, 2.24) is 20.1 Å². The third kappa shape index (κ3) is 1.98. The lowest BCUT2D eigenvalue weighted by Crippen LogP contribution is -1.86. The standard InChI is InChI=1S/C13H9N5O/c1-8-4-5-15-7-10(8)12-17-13(19-18-12)11-3-2-9(6-14)16-11/h2-5,7,16H,1H3. The lowest BCUT2D eigenvalue weighted by molar-refractivity contribution is 0.431. The average molecular weight is 251 g/mol. The highest BCUT2D eigenvalue weighted by Gasteiger charge is 2.13. The lowest BCUT2D eigenvalue weighted by atomic mass is 10.1. The number of aromatic nitrogens is 4. The second-order valence-corrected chi connectivity index (χ2v) is 4.01. The number of pyridine rings is 1. The Morgan fingerprint density at radius 3 is 2.95 bits per heavy atom. The van der Waals surface area contributed by atoms with Gasteiger partial charge in [0.15, 0.2) is 0 Å². The molecule has 0 spiro atoms. The molecule has 0 fully saturated rings. The zero-order chi connectivity index (χ0) is 13.2. The fourth-order valence-corrected chi connectivity index (χ4v) is 1.73. The predicted octanol–water partition coefficient (Wildman–Crippen LogP) is 2.31. The summed E-state index contributed by atoms with van der Waals surface area (Å²) in [6.07, 6.45) is 3.41. The number of nitriles is 1. The summed E-state index contributed by atoms with van der Waals surface area (Å²) in [5, 5.41) is 12.7. The molecule has 0 saturated heterocycles. The van der Waals surface area contributed by atoms with Gasteiger partial charge in [-0.2, -0.15) is 10.2 Å². The first-order valence-corrected chi connectivity index (χ1v) is 5.62. The number of aryl methyl sites for hydroxylation is 1. The van der Waals surface area contributed by atoms with Crippen molar-refractivity contribution in [3.05, 3.63) is 41.9 Å². The molecule has 92 valence electrons. The molecule has 6 heteroatoms. The third-order valence-electron chi connectivity index (χ3n) is 2.74. The predicted molar refractivity (Wildman–Crippen MR) is 66.8 cm³/mol. The van der Waals surface area contributed by atoms with Crippen LogP contribution in [0.5, 0.6) is 0 Å². The second kappa shape index (κ2) is 4.38. The Labute approximate surface area is 108 Å². The SMILES string of the molecule is Cc1ccncc1-c1noc(-c2ccc(C#N)[nH]2)n1. The van der Waals surface area contributed by atoms with Crippen LogP contribution in [0.15, 0.2) is 35.1 Å². The Bertz CT molecular complexity index is 765. The minimum absolute atomic E-state index is 0.347. The summed E-state index contributed by atoms with van der Waals surface area (Å²) < 4.78 is 5.19. The summed E-state index contributed by atoms with van der Waals surface area (Å²) >= 11 is 0. The number of H-pyrrole nitrogens is 1. The van der Waals surface area contributed by atoms with Gasteiger partial charge >= 0.3 is 0 Å². The Hall–Kier alpha value is -2.94. The van der Waals surface area contributed by atoms with E-state index in [9.17, 15) is 0 Å². The van der Waals surface area contributed by atoms with Gasteiger partial charge in [0, 0.05) is 18.0 Å². The van der Waals surface area contributed by atoms with Gasteiger partial charge in [0.05, 0.1) is 0 Å². The van der Waals surface area contributed by atoms with Gasteiger partial charge in [0.25, 0.3) is 5.89 Å². The molecule has 0 unspecified atom stereocenters. The zero-order valence-corrected chi connectivity index (χ0v) is 10.1. The summed E-state index contributed by atoms with van der Waals surface area (Å²) in [6.45, 7) is 1.95. The molecule has 6 nitrogen and oxygen atoms in total. The molecule has 0 saturated carbocycles. The van der Waals surface area contributed by atoms with Crippen LogP contribution in [-0.4, -0.2) is 20.1 Å². The van der Waals surface area contributed by atoms with E-state index in [1.807, 2.05) is 19.1 Å². The first-order chi connectivity index (χ1) is 9.28. The number of hydrogen-bond acceptors (Lipinski definition) is 5. The maximum atomic E-state index is 8.76. The highest BCUT2D eigenvalue weighted by Crippen LogP contribution is 2.23. The largest absolute Gasteiger partial charge is 0.342 e. The van der Waals surface area contributed by atoms with Crippen LogP contribution in [0, 0.1) is 18.3 Å². The van der Waals surface area contributed by atoms with E-state index in [0.717, 1.165) is 11.1 Å². The molecule has 0 atom stereocenters. The number of rotatable bonds is 2. The van der Waals surface area contributed by atoms with Crippen LogP contribution in [0.2, 0.25) is 0 Å². The molecule has 3 aromatic rings. The van der Waals surface area contributed by atoms with Crippen LogP contribution in [0.1, 0.15) is 11.3 Å². The molecule has 0 aliphatic rings. The molecule has 0 aliphatic heterocycles. The molecule has 0 amide bonds. The summed E-state index contributed by atoms with van der Waals surface area (Å²) in [7, 11) is 0. The van der Waals surface area contributed by atoms with E-state index < -0.39 is 0 Å². The molecule has 3 heterocycles. The maximum Gasteiger partial charge on any atom is 0.274 e. The van der Waals surface area contributed by atoms with Crippen LogP contribution in [0.3, 0.4) is 0 Å². The van der Waals surface area contributed by atoms with Crippen molar-refractivity contribution < 1.29 is 4.52 Å². The van der Waals surface area contributed by atoms with Gasteiger partial charge in [-0.1, -0.05) is 5.16 Å². The van der Waals surface area contributed by atoms with Gasteiger partial charge in [-0.15, -0.1) is 0 Å². The van der Waals surface area contributed by atoms with Crippen molar-refractivity contribution in [2.24, 2.45) is 0 Å². The first kappa shape index (κ1) is 11.2. The Morgan fingerprint density at radius 1 is 1.32 bits per heavy atom. The molecule has 0 radical (unpaired) electrons. The molecule has 0 aliphatic carbocycles. The van der Waals surface area contributed by atoms with Crippen LogP contribution in [0.25, 0.3) is 23.0 Å². The van der Waals surface area contributed by atoms with Crippen molar-refractivity contribution >= 4 is 0 Å². The summed E-state index contributed by atoms with van der Waals surface area (Å²) in [4.78, 5) is 11.2. The van der Waals surface area contributed by atoms with Gasteiger partial charge in [-0.05, 0) is 30.7 Å². The van der Waals surface area contributed by atoms with Crippen LogP contribution in [0.4, 0.5) is 0 Å². The van der Waals surface area contributed by atoms with Crippen molar-refractivity contribution in [3.63, 3.8) is 0 Å². The van der Waals surface area contributed by atoms with E-state index in [1.165, 1.54) is 0 Å². The summed E-state index contributed by atoms with van der Waals surface area (Å²) in [6, 6.07) is 7.28. The number of hydrogen-bond donors (Lipinski definition) is 1. The van der Waals surface area contributed by atoms with Crippen LogP contribution in [-0.2, 0) is 0 Å². The minimum atomic E-state index is 0.347. The van der Waals surface area contributed by atoms with Crippen LogP contribution >= 0.6 is 0 Å². The molecule has 3 aromatic heterocycles. The van der Waals surface area contributed by atoms with Crippen molar-refractivity contribution in [1.29, 1.82) is 5.26 Å². The van der Waals surface area contributed by atoms with Gasteiger partial charge in [0.1, 0.15) is 17.5 Å². The molecular weight excluding hydrogens is 242 g/mol. The van der Waals surface area contributed by atoms with Gasteiger partial charge in [-0.3, -0.25) is 4.98 Å². The quantitative estimate of drug-likeness (QED) is 0.754. The zero-order valence-electron chi connectivity index (χ0n) is 10.1. The highest BCUT2D eigenvalue weighted by atomic mass is 16.5. The number of aromatic amines is 1. The summed E-state index contributed by atoms with van der Waals surface area (Å²) in [5.41, 5.74) is 2.92. The second-order valence-electron chi connectivity index (χ2n) is 4.01. The van der Waals surface area contributed by atoms with Crippen molar-refractivity contribution in [3.8, 4) is 29.0 Å². The van der Waals surface area contributed by atoms with E-state index >= 15 is 0 Å². The lowest BCUT2D eigenvalue weighted by Gasteiger charge is -1.97. The fourth-order valence-electron chi connectivity index (χ4n) is 1.73. The highest BCUT2D eigenvalue weighted by molar-refractivity contribution is 5.60. The van der Waals surface area contributed by atoms with E-state index in [2.05, 4.69) is 20.1 Å². The topological polar surface area (TPSA) is 91.4 Å². The van der Waals surface area contributed by atoms with Crippen molar-refractivity contribution in [2.45, 2.75) is 6.92 Å². The molecule has 0 aromatic carbocycles. The monoisotopic (exact) mass is 251 g/mol. The van der Waals surface area contributed by atoms with Gasteiger partial charge in [-0.25, -0.2) is 0 Å². The molecule has 3 rings (SSSR count). The fraction of sp³-hybridized carbons (Fsp3) is 0.0769. The van der Waals surface area contributed by atoms with Crippen molar-refractivity contribution in [2.75, 3.05) is 0 Å². The van der Waals surface area contributed by atoms with E-state index in [-0.39, 0.29) is 0 Å².